The highest BCUT2D eigenvalue weighted by Gasteiger charge is 2.09. The number of aryl methyl sites for hydroxylation is 1. The van der Waals surface area contributed by atoms with Gasteiger partial charge in [0.05, 0.1) is 11.4 Å². The van der Waals surface area contributed by atoms with E-state index in [0.29, 0.717) is 0 Å². The summed E-state index contributed by atoms with van der Waals surface area (Å²) < 4.78 is 13.2. The Balaban J connectivity index is 1.97. The van der Waals surface area contributed by atoms with Gasteiger partial charge in [0, 0.05) is 18.0 Å². The number of pyridine rings is 1. The summed E-state index contributed by atoms with van der Waals surface area (Å²) in [6.45, 7) is 1.95. The van der Waals surface area contributed by atoms with Crippen molar-refractivity contribution in [3.8, 4) is 11.1 Å². The van der Waals surface area contributed by atoms with Gasteiger partial charge in [-0.2, -0.15) is 5.10 Å². The Labute approximate surface area is 122 Å². The number of rotatable bonds is 3. The topological polar surface area (TPSA) is 41.6 Å². The first-order valence-electron chi connectivity index (χ1n) is 6.63. The Morgan fingerprint density at radius 2 is 1.90 bits per heavy atom. The van der Waals surface area contributed by atoms with Gasteiger partial charge in [-0.25, -0.2) is 4.39 Å². The van der Waals surface area contributed by atoms with Gasteiger partial charge in [0.2, 0.25) is 0 Å². The summed E-state index contributed by atoms with van der Waals surface area (Å²) in [5.41, 5.74) is 4.70. The van der Waals surface area contributed by atoms with E-state index in [2.05, 4.69) is 15.2 Å². The molecule has 0 amide bonds. The zero-order chi connectivity index (χ0) is 14.7. The number of H-pyrrole nitrogens is 1. The standard InChI is InChI=1S/C17H14FN3/c1-12-17(14-7-9-19-10-8-14)16(21-20-12)6-5-13-3-2-4-15(18)11-13/h2-11H,1H3,(H,20,21). The molecule has 2 heterocycles. The van der Waals surface area contributed by atoms with E-state index in [-0.39, 0.29) is 5.82 Å². The Morgan fingerprint density at radius 3 is 2.67 bits per heavy atom. The molecule has 0 saturated heterocycles. The third kappa shape index (κ3) is 2.89. The molecule has 4 heteroatoms. The van der Waals surface area contributed by atoms with Crippen molar-refractivity contribution < 1.29 is 4.39 Å². The van der Waals surface area contributed by atoms with Crippen LogP contribution in [0.15, 0.2) is 48.8 Å². The maximum absolute atomic E-state index is 13.2. The third-order valence-electron chi connectivity index (χ3n) is 3.24. The molecule has 0 unspecified atom stereocenters. The smallest absolute Gasteiger partial charge is 0.123 e. The number of benzene rings is 1. The minimum absolute atomic E-state index is 0.243. The maximum Gasteiger partial charge on any atom is 0.123 e. The van der Waals surface area contributed by atoms with Crippen molar-refractivity contribution in [3.05, 3.63) is 71.6 Å². The van der Waals surface area contributed by atoms with Crippen LogP contribution in [0.2, 0.25) is 0 Å². The predicted molar refractivity (Wildman–Crippen MR) is 81.9 cm³/mol. The van der Waals surface area contributed by atoms with Crippen LogP contribution in [0.1, 0.15) is 17.0 Å². The van der Waals surface area contributed by atoms with Gasteiger partial charge in [0.25, 0.3) is 0 Å². The molecule has 0 bridgehead atoms. The van der Waals surface area contributed by atoms with E-state index in [1.807, 2.05) is 37.3 Å². The molecule has 104 valence electrons. The molecule has 0 aliphatic rings. The number of hydrogen-bond acceptors (Lipinski definition) is 2. The second-order valence-electron chi connectivity index (χ2n) is 4.72. The van der Waals surface area contributed by atoms with Crippen LogP contribution in [-0.4, -0.2) is 15.2 Å². The van der Waals surface area contributed by atoms with Crippen molar-refractivity contribution >= 4 is 12.2 Å². The van der Waals surface area contributed by atoms with Crippen LogP contribution in [-0.2, 0) is 0 Å². The molecule has 2 aromatic heterocycles. The average Bonchev–Trinajstić information content (AvgIpc) is 2.87. The number of halogens is 1. The second-order valence-corrected chi connectivity index (χ2v) is 4.72. The molecule has 1 aromatic carbocycles. The van der Waals surface area contributed by atoms with Gasteiger partial charge in [0.15, 0.2) is 0 Å². The third-order valence-corrected chi connectivity index (χ3v) is 3.24. The van der Waals surface area contributed by atoms with Crippen LogP contribution in [0, 0.1) is 12.7 Å². The summed E-state index contributed by atoms with van der Waals surface area (Å²) in [6, 6.07) is 10.4. The highest BCUT2D eigenvalue weighted by Crippen LogP contribution is 2.26. The zero-order valence-electron chi connectivity index (χ0n) is 11.5. The molecular weight excluding hydrogens is 265 g/mol. The maximum atomic E-state index is 13.2. The van der Waals surface area contributed by atoms with E-state index >= 15 is 0 Å². The molecule has 0 spiro atoms. The Kier molecular flexibility index (Phi) is 3.60. The van der Waals surface area contributed by atoms with E-state index < -0.39 is 0 Å². The lowest BCUT2D eigenvalue weighted by molar-refractivity contribution is 0.627. The number of aromatic amines is 1. The summed E-state index contributed by atoms with van der Waals surface area (Å²) in [4.78, 5) is 4.03. The van der Waals surface area contributed by atoms with Gasteiger partial charge in [0.1, 0.15) is 5.82 Å². The summed E-state index contributed by atoms with van der Waals surface area (Å²) in [5, 5.41) is 7.26. The fourth-order valence-corrected chi connectivity index (χ4v) is 2.24. The van der Waals surface area contributed by atoms with Crippen LogP contribution in [0.25, 0.3) is 23.3 Å². The lowest BCUT2D eigenvalue weighted by Crippen LogP contribution is -1.83. The van der Waals surface area contributed by atoms with Gasteiger partial charge in [-0.15, -0.1) is 0 Å². The van der Waals surface area contributed by atoms with Crippen LogP contribution < -0.4 is 0 Å². The van der Waals surface area contributed by atoms with E-state index in [9.17, 15) is 4.39 Å². The van der Waals surface area contributed by atoms with Crippen molar-refractivity contribution in [3.63, 3.8) is 0 Å². The van der Waals surface area contributed by atoms with Crippen LogP contribution in [0.5, 0.6) is 0 Å². The van der Waals surface area contributed by atoms with Crippen LogP contribution >= 0.6 is 0 Å². The summed E-state index contributed by atoms with van der Waals surface area (Å²) in [5.74, 6) is -0.243. The van der Waals surface area contributed by atoms with Crippen molar-refractivity contribution in [2.45, 2.75) is 6.92 Å². The molecule has 0 atom stereocenters. The average molecular weight is 279 g/mol. The summed E-state index contributed by atoms with van der Waals surface area (Å²) in [6.07, 6.45) is 7.27. The molecule has 3 rings (SSSR count). The Hall–Kier alpha value is -2.75. The van der Waals surface area contributed by atoms with E-state index in [1.165, 1.54) is 12.1 Å². The highest BCUT2D eigenvalue weighted by molar-refractivity contribution is 5.80. The SMILES string of the molecule is Cc1n[nH]c(C=Cc2cccc(F)c2)c1-c1ccncc1. The molecule has 0 aliphatic heterocycles. The van der Waals surface area contributed by atoms with Crippen molar-refractivity contribution in [1.29, 1.82) is 0 Å². The first-order chi connectivity index (χ1) is 10.2. The van der Waals surface area contributed by atoms with E-state index in [0.717, 1.165) is 28.1 Å². The van der Waals surface area contributed by atoms with Crippen molar-refractivity contribution in [1.82, 2.24) is 15.2 Å². The second kappa shape index (κ2) is 5.71. The fraction of sp³-hybridized carbons (Fsp3) is 0.0588. The van der Waals surface area contributed by atoms with Crippen LogP contribution in [0.4, 0.5) is 4.39 Å². The van der Waals surface area contributed by atoms with Crippen molar-refractivity contribution in [2.75, 3.05) is 0 Å². The monoisotopic (exact) mass is 279 g/mol. The first-order valence-corrected chi connectivity index (χ1v) is 6.63. The number of aromatic nitrogens is 3. The van der Waals surface area contributed by atoms with Gasteiger partial charge < -0.3 is 0 Å². The molecule has 3 nitrogen and oxygen atoms in total. The minimum atomic E-state index is -0.243. The molecule has 1 N–H and O–H groups in total. The quantitative estimate of drug-likeness (QED) is 0.784. The van der Waals surface area contributed by atoms with Crippen LogP contribution in [0.3, 0.4) is 0 Å². The lowest BCUT2D eigenvalue weighted by Gasteiger charge is -2.01. The van der Waals surface area contributed by atoms with E-state index in [4.69, 9.17) is 0 Å². The predicted octanol–water partition coefficient (Wildman–Crippen LogP) is 4.09. The lowest BCUT2D eigenvalue weighted by atomic mass is 10.0. The van der Waals surface area contributed by atoms with Gasteiger partial charge >= 0.3 is 0 Å². The number of hydrogen-bond donors (Lipinski definition) is 1. The summed E-state index contributed by atoms with van der Waals surface area (Å²) >= 11 is 0. The molecule has 0 aliphatic carbocycles. The number of nitrogens with one attached hydrogen (secondary N) is 1. The zero-order valence-corrected chi connectivity index (χ0v) is 11.5. The van der Waals surface area contributed by atoms with Gasteiger partial charge in [-0.05, 0) is 48.4 Å². The molecule has 0 saturated carbocycles. The first kappa shape index (κ1) is 13.2. The van der Waals surface area contributed by atoms with Gasteiger partial charge in [-0.3, -0.25) is 10.1 Å². The normalized spacial score (nSPS) is 11.1. The molecule has 0 fully saturated rings. The highest BCUT2D eigenvalue weighted by atomic mass is 19.1. The summed E-state index contributed by atoms with van der Waals surface area (Å²) in [7, 11) is 0. The van der Waals surface area contributed by atoms with Gasteiger partial charge in [-0.1, -0.05) is 18.2 Å². The molecule has 3 aromatic rings. The Morgan fingerprint density at radius 1 is 1.10 bits per heavy atom. The molecular formula is C17H14FN3. The van der Waals surface area contributed by atoms with E-state index in [1.54, 1.807) is 18.5 Å². The fourth-order valence-electron chi connectivity index (χ4n) is 2.24. The molecule has 21 heavy (non-hydrogen) atoms. The minimum Gasteiger partial charge on any atom is -0.278 e. The van der Waals surface area contributed by atoms with Crippen molar-refractivity contribution in [2.24, 2.45) is 0 Å². The largest absolute Gasteiger partial charge is 0.278 e. The Bertz CT molecular complexity index is 776. The number of nitrogens with zero attached hydrogens (tertiary/aromatic N) is 2. The molecule has 0 radical (unpaired) electrons.